The van der Waals surface area contributed by atoms with Crippen LogP contribution >= 0.6 is 0 Å². The van der Waals surface area contributed by atoms with E-state index in [1.807, 2.05) is 30.3 Å². The summed E-state index contributed by atoms with van der Waals surface area (Å²) in [5.74, 6) is -2.71. The zero-order valence-electron chi connectivity index (χ0n) is 26.1. The van der Waals surface area contributed by atoms with Crippen molar-refractivity contribution in [2.24, 2.45) is 0 Å². The van der Waals surface area contributed by atoms with Crippen LogP contribution in [0.4, 0.5) is 23.8 Å². The first-order valence-corrected chi connectivity index (χ1v) is 14.5. The van der Waals surface area contributed by atoms with Crippen LogP contribution in [-0.4, -0.2) is 55.7 Å². The fraction of sp³-hybridized carbons (Fsp3) is 0.406. The topological polar surface area (TPSA) is 152 Å². The van der Waals surface area contributed by atoms with Crippen molar-refractivity contribution in [1.82, 2.24) is 20.2 Å². The minimum atomic E-state index is -4.59. The highest BCUT2D eigenvalue weighted by molar-refractivity contribution is 5.98. The lowest BCUT2D eigenvalue weighted by Gasteiger charge is -2.29. The van der Waals surface area contributed by atoms with E-state index in [1.165, 1.54) is 20.0 Å². The van der Waals surface area contributed by atoms with Gasteiger partial charge in [0.1, 0.15) is 17.2 Å². The van der Waals surface area contributed by atoms with Gasteiger partial charge in [-0.1, -0.05) is 42.5 Å². The third-order valence-corrected chi connectivity index (χ3v) is 6.74. The van der Waals surface area contributed by atoms with Gasteiger partial charge in [0.25, 0.3) is 0 Å². The molecule has 0 radical (unpaired) electrons. The maximum Gasteiger partial charge on any atom is 0.416 e. The lowest BCUT2D eigenvalue weighted by molar-refractivity contribution is -0.139. The number of anilines is 1. The predicted molar refractivity (Wildman–Crippen MR) is 163 cm³/mol. The fourth-order valence-electron chi connectivity index (χ4n) is 4.43. The number of nitrogens with zero attached hydrogens (tertiary/aromatic N) is 2. The lowest BCUT2D eigenvalue weighted by atomic mass is 10.0. The van der Waals surface area contributed by atoms with Gasteiger partial charge in [0.05, 0.1) is 11.9 Å². The molecular weight excluding hydrogens is 607 g/mol. The van der Waals surface area contributed by atoms with E-state index in [0.717, 1.165) is 40.7 Å². The second-order valence-corrected chi connectivity index (χ2v) is 12.2. The Labute approximate surface area is 264 Å². The molecule has 2 aromatic carbocycles. The molecule has 0 bridgehead atoms. The van der Waals surface area contributed by atoms with Crippen molar-refractivity contribution in [3.8, 4) is 0 Å². The average molecular weight is 646 g/mol. The second-order valence-electron chi connectivity index (χ2n) is 12.2. The molecule has 1 heterocycles. The maximum absolute atomic E-state index is 13.4. The number of carbonyl (C=O) groups is 4. The first-order chi connectivity index (χ1) is 21.4. The number of rotatable bonds is 12. The summed E-state index contributed by atoms with van der Waals surface area (Å²) in [6.07, 6.45) is -1.72. The number of carbonyl (C=O) groups excluding carboxylic acids is 3. The van der Waals surface area contributed by atoms with Crippen molar-refractivity contribution in [1.29, 1.82) is 0 Å². The van der Waals surface area contributed by atoms with Crippen molar-refractivity contribution in [3.63, 3.8) is 0 Å². The summed E-state index contributed by atoms with van der Waals surface area (Å²) in [6, 6.07) is 10.7. The first-order valence-electron chi connectivity index (χ1n) is 14.5. The van der Waals surface area contributed by atoms with Crippen LogP contribution in [0.2, 0.25) is 0 Å². The van der Waals surface area contributed by atoms with E-state index in [2.05, 4.69) is 20.9 Å². The molecule has 2 atom stereocenters. The predicted octanol–water partition coefficient (Wildman–Crippen LogP) is 5.33. The molecule has 0 aliphatic carbocycles. The molecule has 11 nitrogen and oxygen atoms in total. The third-order valence-electron chi connectivity index (χ3n) is 6.74. The van der Waals surface area contributed by atoms with Gasteiger partial charge in [0, 0.05) is 6.20 Å². The molecule has 0 aliphatic rings. The molecule has 0 saturated heterocycles. The number of carboxylic acid groups (broad SMARTS) is 1. The number of hydrogen-bond acceptors (Lipinski definition) is 6. The summed E-state index contributed by atoms with van der Waals surface area (Å²) in [7, 11) is 0. The van der Waals surface area contributed by atoms with Crippen LogP contribution < -0.4 is 16.0 Å². The molecule has 0 aliphatic heterocycles. The van der Waals surface area contributed by atoms with Gasteiger partial charge < -0.3 is 30.4 Å². The Morgan fingerprint density at radius 2 is 1.59 bits per heavy atom. The van der Waals surface area contributed by atoms with Crippen LogP contribution in [-0.2, 0) is 31.7 Å². The van der Waals surface area contributed by atoms with E-state index in [-0.39, 0.29) is 17.8 Å². The van der Waals surface area contributed by atoms with Gasteiger partial charge in [-0.25, -0.2) is 14.6 Å². The Kier molecular flexibility index (Phi) is 11.2. The van der Waals surface area contributed by atoms with Gasteiger partial charge in [-0.3, -0.25) is 9.59 Å². The SMILES string of the molecule is CC(C)(C)OC(=O)NC(C)(C)C(=O)N[C@H](CCCc1ccccc1)C(=O)Nc1cn(C(C(=O)O)c2ccc(C(F)(F)F)cc2)cn1. The van der Waals surface area contributed by atoms with E-state index in [9.17, 15) is 37.5 Å². The van der Waals surface area contributed by atoms with Crippen molar-refractivity contribution in [2.75, 3.05) is 5.32 Å². The average Bonchev–Trinajstić information content (AvgIpc) is 3.38. The molecule has 0 fully saturated rings. The minimum absolute atomic E-state index is 0.0448. The largest absolute Gasteiger partial charge is 0.479 e. The standard InChI is InChI=1S/C32H38F3N5O6/c1-30(2,3)46-29(45)39-31(4,5)28(44)37-23(13-9-12-20-10-7-6-8-11-20)26(41)38-24-18-40(19-36-24)25(27(42)43)21-14-16-22(17-15-21)32(33,34)35/h6-8,10-11,14-19,23,25H,9,12-13H2,1-5H3,(H,37,44)(H,38,41)(H,39,45)(H,42,43)/t23-,25?/m1/s1. The van der Waals surface area contributed by atoms with E-state index in [4.69, 9.17) is 4.74 Å². The van der Waals surface area contributed by atoms with Crippen LogP contribution in [0.25, 0.3) is 0 Å². The van der Waals surface area contributed by atoms with Crippen LogP contribution in [0.5, 0.6) is 0 Å². The van der Waals surface area contributed by atoms with Crippen LogP contribution in [0.15, 0.2) is 67.1 Å². The number of imidazole rings is 1. The number of amides is 3. The molecule has 1 aromatic heterocycles. The number of alkyl carbamates (subject to hydrolysis) is 1. The number of benzene rings is 2. The fourth-order valence-corrected chi connectivity index (χ4v) is 4.43. The number of aliphatic carboxylic acids is 1. The summed E-state index contributed by atoms with van der Waals surface area (Å²) >= 11 is 0. The van der Waals surface area contributed by atoms with Crippen molar-refractivity contribution < 1.29 is 42.2 Å². The van der Waals surface area contributed by atoms with E-state index in [0.29, 0.717) is 12.8 Å². The Balaban J connectivity index is 1.77. The lowest BCUT2D eigenvalue weighted by Crippen LogP contribution is -2.58. The molecule has 1 unspecified atom stereocenters. The molecule has 3 rings (SSSR count). The Morgan fingerprint density at radius 1 is 0.957 bits per heavy atom. The number of hydrogen-bond donors (Lipinski definition) is 4. The summed E-state index contributed by atoms with van der Waals surface area (Å²) < 4.78 is 45.4. The van der Waals surface area contributed by atoms with E-state index >= 15 is 0 Å². The quantitative estimate of drug-likeness (QED) is 0.208. The van der Waals surface area contributed by atoms with Gasteiger partial charge in [0.2, 0.25) is 11.8 Å². The molecule has 14 heteroatoms. The number of ether oxygens (including phenoxy) is 1. The number of nitrogens with one attached hydrogen (secondary N) is 3. The molecule has 46 heavy (non-hydrogen) atoms. The smallest absolute Gasteiger partial charge is 0.416 e. The van der Waals surface area contributed by atoms with Gasteiger partial charge in [-0.2, -0.15) is 13.2 Å². The van der Waals surface area contributed by atoms with Crippen LogP contribution in [0, 0.1) is 0 Å². The summed E-state index contributed by atoms with van der Waals surface area (Å²) in [6.45, 7) is 7.95. The monoisotopic (exact) mass is 645 g/mol. The Bertz CT molecular complexity index is 1520. The highest BCUT2D eigenvalue weighted by Gasteiger charge is 2.35. The van der Waals surface area contributed by atoms with Crippen LogP contribution in [0.3, 0.4) is 0 Å². The highest BCUT2D eigenvalue weighted by atomic mass is 19.4. The van der Waals surface area contributed by atoms with Crippen molar-refractivity contribution >= 4 is 29.7 Å². The van der Waals surface area contributed by atoms with Crippen molar-refractivity contribution in [3.05, 3.63) is 83.8 Å². The number of aryl methyl sites for hydroxylation is 1. The van der Waals surface area contributed by atoms with Crippen molar-refractivity contribution in [2.45, 2.75) is 83.3 Å². The number of aromatic nitrogens is 2. The molecule has 4 N–H and O–H groups in total. The molecule has 3 aromatic rings. The number of carboxylic acids is 1. The second kappa shape index (κ2) is 14.5. The first kappa shape index (κ1) is 35.6. The summed E-state index contributed by atoms with van der Waals surface area (Å²) in [5, 5.41) is 17.6. The van der Waals surface area contributed by atoms with Gasteiger partial charge in [0.15, 0.2) is 11.9 Å². The third kappa shape index (κ3) is 10.3. The highest BCUT2D eigenvalue weighted by Crippen LogP contribution is 2.31. The molecular formula is C32H38F3N5O6. The normalized spacial score (nSPS) is 13.3. The van der Waals surface area contributed by atoms with Gasteiger partial charge >= 0.3 is 18.2 Å². The molecule has 0 saturated carbocycles. The zero-order valence-corrected chi connectivity index (χ0v) is 26.1. The Hall–Kier alpha value is -4.88. The molecule has 0 spiro atoms. The van der Waals surface area contributed by atoms with Crippen LogP contribution in [0.1, 0.15) is 70.2 Å². The maximum atomic E-state index is 13.4. The van der Waals surface area contributed by atoms with Gasteiger partial charge in [-0.05, 0) is 77.1 Å². The number of alkyl halides is 3. The van der Waals surface area contributed by atoms with Gasteiger partial charge in [-0.15, -0.1) is 0 Å². The molecule has 3 amide bonds. The number of halogens is 3. The van der Waals surface area contributed by atoms with E-state index < -0.39 is 58.8 Å². The Morgan fingerprint density at radius 3 is 2.15 bits per heavy atom. The zero-order chi connectivity index (χ0) is 34.3. The van der Waals surface area contributed by atoms with E-state index in [1.54, 1.807) is 20.8 Å². The minimum Gasteiger partial charge on any atom is -0.479 e. The summed E-state index contributed by atoms with van der Waals surface area (Å²) in [5.41, 5.74) is -2.10. The summed E-state index contributed by atoms with van der Waals surface area (Å²) in [4.78, 5) is 55.2. The molecule has 248 valence electrons.